The molecule has 1 aliphatic carbocycles. The number of hydrogen-bond acceptors (Lipinski definition) is 6. The van der Waals surface area contributed by atoms with Crippen LogP contribution in [0.3, 0.4) is 0 Å². The van der Waals surface area contributed by atoms with Crippen molar-refractivity contribution in [3.63, 3.8) is 0 Å². The Morgan fingerprint density at radius 1 is 1.38 bits per heavy atom. The average molecular weight is 426 g/mol. The zero-order valence-corrected chi connectivity index (χ0v) is 16.8. The normalized spacial score (nSPS) is 29.1. The van der Waals surface area contributed by atoms with Crippen molar-refractivity contribution in [3.05, 3.63) is 22.8 Å². The standard InChI is InChI=1S/C19H24ClN3O6/c1-10-4-2-5-11(16(10)20)17(26)21-9-14(24)23-7-3-6-13(23)18(27)22-12-8-15(25)29-19(12)28/h2,5,10,12-13,19,28H,3-4,6-9H2,1H3,(H,21,26)(H,22,27)/t10?,12-,13-,19+/m0/s1. The van der Waals surface area contributed by atoms with E-state index in [4.69, 9.17) is 11.6 Å². The van der Waals surface area contributed by atoms with Gasteiger partial charge in [-0.2, -0.15) is 0 Å². The van der Waals surface area contributed by atoms with Gasteiger partial charge in [-0.1, -0.05) is 30.7 Å². The van der Waals surface area contributed by atoms with Gasteiger partial charge in [0.1, 0.15) is 12.1 Å². The van der Waals surface area contributed by atoms with Crippen LogP contribution in [-0.4, -0.2) is 65.2 Å². The Morgan fingerprint density at radius 3 is 2.83 bits per heavy atom. The summed E-state index contributed by atoms with van der Waals surface area (Å²) in [6.45, 7) is 2.04. The van der Waals surface area contributed by atoms with E-state index in [0.717, 1.165) is 6.42 Å². The van der Waals surface area contributed by atoms with E-state index in [9.17, 15) is 24.3 Å². The highest BCUT2D eigenvalue weighted by atomic mass is 35.5. The maximum Gasteiger partial charge on any atom is 0.310 e. The van der Waals surface area contributed by atoms with Crippen LogP contribution in [0.4, 0.5) is 0 Å². The third-order valence-electron chi connectivity index (χ3n) is 5.30. The van der Waals surface area contributed by atoms with Crippen molar-refractivity contribution in [1.82, 2.24) is 15.5 Å². The lowest BCUT2D eigenvalue weighted by atomic mass is 9.97. The second-order valence-electron chi connectivity index (χ2n) is 7.43. The molecule has 0 spiro atoms. The van der Waals surface area contributed by atoms with E-state index in [1.165, 1.54) is 4.90 Å². The molecular formula is C19H24ClN3O6. The number of nitrogens with zero attached hydrogens (tertiary/aromatic N) is 1. The van der Waals surface area contributed by atoms with Crippen LogP contribution in [0.2, 0.25) is 0 Å². The predicted octanol–water partition coefficient (Wildman–Crippen LogP) is -0.0674. The summed E-state index contributed by atoms with van der Waals surface area (Å²) in [5.41, 5.74) is 0.341. The lowest BCUT2D eigenvalue weighted by Gasteiger charge is -2.26. The Bertz CT molecular complexity index is 780. The number of esters is 1. The molecular weight excluding hydrogens is 402 g/mol. The molecule has 1 unspecified atom stereocenters. The maximum atomic E-state index is 12.6. The molecule has 29 heavy (non-hydrogen) atoms. The van der Waals surface area contributed by atoms with Gasteiger partial charge in [-0.25, -0.2) is 0 Å². The number of likely N-dealkylation sites (tertiary alicyclic amines) is 1. The summed E-state index contributed by atoms with van der Waals surface area (Å²) < 4.78 is 4.60. The molecule has 0 radical (unpaired) electrons. The molecule has 4 atom stereocenters. The minimum atomic E-state index is -1.39. The molecule has 3 amide bonds. The number of nitrogens with one attached hydrogen (secondary N) is 2. The van der Waals surface area contributed by atoms with Crippen LogP contribution in [-0.2, 0) is 23.9 Å². The zero-order chi connectivity index (χ0) is 21.1. The van der Waals surface area contributed by atoms with Gasteiger partial charge >= 0.3 is 5.97 Å². The first-order valence-corrected chi connectivity index (χ1v) is 9.97. The first kappa shape index (κ1) is 21.3. The van der Waals surface area contributed by atoms with Crippen molar-refractivity contribution in [2.45, 2.75) is 51.0 Å². The van der Waals surface area contributed by atoms with Crippen molar-refractivity contribution < 1.29 is 29.0 Å². The minimum absolute atomic E-state index is 0.0478. The maximum absolute atomic E-state index is 12.6. The largest absolute Gasteiger partial charge is 0.434 e. The molecule has 9 nitrogen and oxygen atoms in total. The number of hydrogen-bond donors (Lipinski definition) is 3. The van der Waals surface area contributed by atoms with Gasteiger partial charge in [0.25, 0.3) is 5.91 Å². The Morgan fingerprint density at radius 2 is 2.14 bits per heavy atom. The van der Waals surface area contributed by atoms with E-state index < -0.39 is 36.2 Å². The Labute approximate surface area is 173 Å². The van der Waals surface area contributed by atoms with Gasteiger partial charge in [0.2, 0.25) is 18.1 Å². The van der Waals surface area contributed by atoms with Gasteiger partial charge in [0.15, 0.2) is 0 Å². The van der Waals surface area contributed by atoms with Crippen LogP contribution < -0.4 is 10.6 Å². The smallest absolute Gasteiger partial charge is 0.310 e. The number of rotatable bonds is 5. The molecule has 2 heterocycles. The fraction of sp³-hybridized carbons (Fsp3) is 0.579. The highest BCUT2D eigenvalue weighted by molar-refractivity contribution is 6.32. The van der Waals surface area contributed by atoms with E-state index in [-0.39, 0.29) is 24.8 Å². The fourth-order valence-electron chi connectivity index (χ4n) is 3.66. The van der Waals surface area contributed by atoms with Crippen LogP contribution in [0.1, 0.15) is 32.6 Å². The topological polar surface area (TPSA) is 125 Å². The first-order chi connectivity index (χ1) is 13.8. The SMILES string of the molecule is CC1CC=CC(C(=O)NCC(=O)N2CCC[C@H]2C(=O)N[C@H]2CC(=O)O[C@H]2O)=C1Cl. The number of halogens is 1. The van der Waals surface area contributed by atoms with Crippen LogP contribution in [0.5, 0.6) is 0 Å². The lowest BCUT2D eigenvalue weighted by molar-refractivity contribution is -0.155. The number of amides is 3. The third kappa shape index (κ3) is 4.79. The molecule has 3 aliphatic rings. The van der Waals surface area contributed by atoms with Crippen LogP contribution in [0, 0.1) is 5.92 Å². The number of ether oxygens (including phenoxy) is 1. The van der Waals surface area contributed by atoms with Crippen molar-refractivity contribution >= 4 is 35.3 Å². The average Bonchev–Trinajstić information content (AvgIpc) is 3.28. The van der Waals surface area contributed by atoms with Crippen molar-refractivity contribution in [1.29, 1.82) is 0 Å². The summed E-state index contributed by atoms with van der Waals surface area (Å²) in [5.74, 6) is -1.83. The second kappa shape index (κ2) is 8.96. The van der Waals surface area contributed by atoms with Gasteiger partial charge in [-0.15, -0.1) is 0 Å². The van der Waals surface area contributed by atoms with Gasteiger partial charge in [0, 0.05) is 11.6 Å². The number of carbonyl (C=O) groups is 4. The molecule has 3 N–H and O–H groups in total. The van der Waals surface area contributed by atoms with Crippen LogP contribution >= 0.6 is 11.6 Å². The highest BCUT2D eigenvalue weighted by Gasteiger charge is 2.39. The molecule has 10 heteroatoms. The number of aliphatic hydroxyl groups is 1. The first-order valence-electron chi connectivity index (χ1n) is 9.59. The van der Waals surface area contributed by atoms with Gasteiger partial charge in [0.05, 0.1) is 18.5 Å². The summed E-state index contributed by atoms with van der Waals surface area (Å²) in [6, 6.07) is -1.55. The molecule has 2 fully saturated rings. The molecule has 0 aromatic carbocycles. The molecule has 158 valence electrons. The van der Waals surface area contributed by atoms with Gasteiger partial charge in [-0.05, 0) is 25.2 Å². The number of carbonyl (C=O) groups excluding carboxylic acids is 4. The predicted molar refractivity (Wildman–Crippen MR) is 102 cm³/mol. The highest BCUT2D eigenvalue weighted by Crippen LogP contribution is 2.28. The molecule has 0 bridgehead atoms. The number of allylic oxidation sites excluding steroid dienone is 2. The van der Waals surface area contributed by atoms with E-state index in [1.54, 1.807) is 6.08 Å². The summed E-state index contributed by atoms with van der Waals surface area (Å²) in [4.78, 5) is 50.1. The lowest BCUT2D eigenvalue weighted by Crippen LogP contribution is -2.52. The minimum Gasteiger partial charge on any atom is -0.434 e. The number of cyclic esters (lactones) is 1. The monoisotopic (exact) mass is 425 g/mol. The van der Waals surface area contributed by atoms with E-state index in [2.05, 4.69) is 15.4 Å². The van der Waals surface area contributed by atoms with E-state index in [0.29, 0.717) is 30.0 Å². The van der Waals surface area contributed by atoms with Gasteiger partial charge < -0.3 is 25.4 Å². The van der Waals surface area contributed by atoms with E-state index >= 15 is 0 Å². The summed E-state index contributed by atoms with van der Waals surface area (Å²) in [6.07, 6.45) is 3.85. The Balaban J connectivity index is 1.55. The quantitative estimate of drug-likeness (QED) is 0.530. The summed E-state index contributed by atoms with van der Waals surface area (Å²) in [7, 11) is 0. The van der Waals surface area contributed by atoms with E-state index in [1.807, 2.05) is 13.0 Å². The second-order valence-corrected chi connectivity index (χ2v) is 7.84. The molecule has 3 rings (SSSR count). The molecule has 0 aromatic heterocycles. The van der Waals surface area contributed by atoms with Crippen LogP contribution in [0.25, 0.3) is 0 Å². The van der Waals surface area contributed by atoms with Gasteiger partial charge in [-0.3, -0.25) is 19.2 Å². The molecule has 0 aromatic rings. The summed E-state index contributed by atoms with van der Waals surface area (Å²) >= 11 is 6.20. The Kier molecular flexibility index (Phi) is 6.59. The van der Waals surface area contributed by atoms with Crippen molar-refractivity contribution in [2.24, 2.45) is 5.92 Å². The van der Waals surface area contributed by atoms with Crippen molar-refractivity contribution in [3.8, 4) is 0 Å². The zero-order valence-electron chi connectivity index (χ0n) is 16.0. The Hall–Kier alpha value is -2.39. The number of aliphatic hydroxyl groups excluding tert-OH is 1. The molecule has 2 aliphatic heterocycles. The van der Waals surface area contributed by atoms with Crippen molar-refractivity contribution in [2.75, 3.05) is 13.1 Å². The molecule has 0 saturated carbocycles. The molecule has 2 saturated heterocycles. The third-order valence-corrected chi connectivity index (χ3v) is 5.87. The summed E-state index contributed by atoms with van der Waals surface area (Å²) in [5, 5.41) is 15.2. The fourth-order valence-corrected chi connectivity index (χ4v) is 3.90. The van der Waals surface area contributed by atoms with Crippen LogP contribution in [0.15, 0.2) is 22.8 Å².